The van der Waals surface area contributed by atoms with Crippen molar-refractivity contribution in [3.8, 4) is 0 Å². The van der Waals surface area contributed by atoms with Gasteiger partial charge in [-0.1, -0.05) is 28.1 Å². The SMILES string of the molecule is CC(C)(C)OC(=O)N1CCC[C@](Cc2ccc(Br)cc2)(C(=O)O)C1. The first-order valence-electron chi connectivity index (χ1n) is 8.07. The maximum absolute atomic E-state index is 12.3. The molecule has 1 heterocycles. The molecule has 0 radical (unpaired) electrons. The Morgan fingerprint density at radius 2 is 1.92 bits per heavy atom. The predicted octanol–water partition coefficient (Wildman–Crippen LogP) is 4.09. The Hall–Kier alpha value is -1.56. The molecule has 24 heavy (non-hydrogen) atoms. The maximum Gasteiger partial charge on any atom is 0.410 e. The van der Waals surface area contributed by atoms with Gasteiger partial charge in [0.2, 0.25) is 0 Å². The van der Waals surface area contributed by atoms with Crippen molar-refractivity contribution in [2.24, 2.45) is 5.41 Å². The van der Waals surface area contributed by atoms with Crippen LogP contribution >= 0.6 is 15.9 Å². The molecule has 1 N–H and O–H groups in total. The molecule has 6 heteroatoms. The third-order valence-corrected chi connectivity index (χ3v) is 4.67. The van der Waals surface area contributed by atoms with Crippen LogP contribution in [0.25, 0.3) is 0 Å². The van der Waals surface area contributed by atoms with E-state index in [-0.39, 0.29) is 6.54 Å². The lowest BCUT2D eigenvalue weighted by Gasteiger charge is -2.40. The summed E-state index contributed by atoms with van der Waals surface area (Å²) in [7, 11) is 0. The van der Waals surface area contributed by atoms with Crippen molar-refractivity contribution in [1.29, 1.82) is 0 Å². The number of carbonyl (C=O) groups excluding carboxylic acids is 1. The molecule has 1 aromatic rings. The minimum atomic E-state index is -0.969. The van der Waals surface area contributed by atoms with Crippen molar-refractivity contribution in [1.82, 2.24) is 4.90 Å². The number of carboxylic acid groups (broad SMARTS) is 1. The van der Waals surface area contributed by atoms with Crippen LogP contribution < -0.4 is 0 Å². The largest absolute Gasteiger partial charge is 0.481 e. The van der Waals surface area contributed by atoms with Crippen molar-refractivity contribution in [3.63, 3.8) is 0 Å². The number of aliphatic carboxylic acids is 1. The number of nitrogens with zero attached hydrogens (tertiary/aromatic N) is 1. The second-order valence-electron chi connectivity index (χ2n) is 7.39. The van der Waals surface area contributed by atoms with Gasteiger partial charge < -0.3 is 14.7 Å². The smallest absolute Gasteiger partial charge is 0.410 e. The molecule has 0 saturated carbocycles. The Balaban J connectivity index is 2.18. The Morgan fingerprint density at radius 3 is 2.46 bits per heavy atom. The quantitative estimate of drug-likeness (QED) is 0.833. The molecular weight excluding hydrogens is 374 g/mol. The number of ether oxygens (including phenoxy) is 1. The summed E-state index contributed by atoms with van der Waals surface area (Å²) in [4.78, 5) is 25.9. The summed E-state index contributed by atoms with van der Waals surface area (Å²) in [6.45, 7) is 6.13. The van der Waals surface area contributed by atoms with Crippen LogP contribution in [0.1, 0.15) is 39.2 Å². The third kappa shape index (κ3) is 4.72. The standard InChI is InChI=1S/C18H24BrNO4/c1-17(2,3)24-16(23)20-10-4-9-18(12-20,15(21)22)11-13-5-7-14(19)8-6-13/h5-8H,4,9-12H2,1-3H3,(H,21,22)/t18-/m1/s1. The lowest BCUT2D eigenvalue weighted by atomic mass is 9.75. The van der Waals surface area contributed by atoms with Gasteiger partial charge in [0.15, 0.2) is 0 Å². The van der Waals surface area contributed by atoms with E-state index < -0.39 is 23.1 Å². The van der Waals surface area contributed by atoms with Gasteiger partial charge >= 0.3 is 12.1 Å². The molecule has 0 aliphatic carbocycles. The maximum atomic E-state index is 12.3. The molecule has 1 saturated heterocycles. The van der Waals surface area contributed by atoms with E-state index in [1.165, 1.54) is 4.90 Å². The normalized spacial score (nSPS) is 21.4. The minimum Gasteiger partial charge on any atom is -0.481 e. The van der Waals surface area contributed by atoms with Crippen LogP contribution in [0.3, 0.4) is 0 Å². The van der Waals surface area contributed by atoms with E-state index in [2.05, 4.69) is 15.9 Å². The predicted molar refractivity (Wildman–Crippen MR) is 95.0 cm³/mol. The molecule has 1 aliphatic rings. The van der Waals surface area contributed by atoms with Gasteiger partial charge in [-0.3, -0.25) is 4.79 Å². The number of carboxylic acids is 1. The van der Waals surface area contributed by atoms with E-state index >= 15 is 0 Å². The van der Waals surface area contributed by atoms with Crippen molar-refractivity contribution in [2.75, 3.05) is 13.1 Å². The number of likely N-dealkylation sites (tertiary alicyclic amines) is 1. The summed E-state index contributed by atoms with van der Waals surface area (Å²) in [5.41, 5.74) is -0.610. The van der Waals surface area contributed by atoms with Crippen LogP contribution in [0.2, 0.25) is 0 Å². The van der Waals surface area contributed by atoms with Crippen LogP contribution in [0, 0.1) is 5.41 Å². The van der Waals surface area contributed by atoms with E-state index in [9.17, 15) is 14.7 Å². The Kier molecular flexibility index (Phi) is 5.58. The van der Waals surface area contributed by atoms with Crippen LogP contribution in [-0.4, -0.2) is 40.8 Å². The number of carbonyl (C=O) groups is 2. The lowest BCUT2D eigenvalue weighted by molar-refractivity contribution is -0.152. The van der Waals surface area contributed by atoms with Crippen molar-refractivity contribution in [2.45, 2.75) is 45.6 Å². The summed E-state index contributed by atoms with van der Waals surface area (Å²) in [5.74, 6) is -0.862. The van der Waals surface area contributed by atoms with E-state index in [1.54, 1.807) is 20.8 Å². The number of hydrogen-bond donors (Lipinski definition) is 1. The van der Waals surface area contributed by atoms with Gasteiger partial charge in [0.25, 0.3) is 0 Å². The van der Waals surface area contributed by atoms with Crippen molar-refractivity contribution >= 4 is 28.0 Å². The zero-order chi connectivity index (χ0) is 18.0. The zero-order valence-electron chi connectivity index (χ0n) is 14.3. The zero-order valence-corrected chi connectivity index (χ0v) is 15.9. The first-order valence-corrected chi connectivity index (χ1v) is 8.86. The molecule has 0 aromatic heterocycles. The van der Waals surface area contributed by atoms with Crippen LogP contribution in [0.5, 0.6) is 0 Å². The van der Waals surface area contributed by atoms with E-state index in [1.807, 2.05) is 24.3 Å². The highest BCUT2D eigenvalue weighted by molar-refractivity contribution is 9.10. The second kappa shape index (κ2) is 7.13. The number of halogens is 1. The third-order valence-electron chi connectivity index (χ3n) is 4.14. The summed E-state index contributed by atoms with van der Waals surface area (Å²) >= 11 is 3.38. The molecule has 5 nitrogen and oxygen atoms in total. The van der Waals surface area contributed by atoms with Gasteiger partial charge in [-0.15, -0.1) is 0 Å². The average molecular weight is 398 g/mol. The fraction of sp³-hybridized carbons (Fsp3) is 0.556. The van der Waals surface area contributed by atoms with E-state index in [4.69, 9.17) is 4.74 Å². The van der Waals surface area contributed by atoms with E-state index in [0.29, 0.717) is 25.8 Å². The summed E-state index contributed by atoms with van der Waals surface area (Å²) < 4.78 is 6.36. The molecule has 1 aromatic carbocycles. The van der Waals surface area contributed by atoms with Crippen LogP contribution in [-0.2, 0) is 16.0 Å². The number of amides is 1. The van der Waals surface area contributed by atoms with Crippen LogP contribution in [0.4, 0.5) is 4.79 Å². The molecule has 0 unspecified atom stereocenters. The first kappa shape index (κ1) is 18.8. The molecule has 1 fully saturated rings. The Labute approximate surface area is 151 Å². The van der Waals surface area contributed by atoms with E-state index in [0.717, 1.165) is 10.0 Å². The molecule has 0 bridgehead atoms. The summed E-state index contributed by atoms with van der Waals surface area (Å²) in [5, 5.41) is 9.85. The molecule has 1 amide bonds. The van der Waals surface area contributed by atoms with Crippen molar-refractivity contribution in [3.05, 3.63) is 34.3 Å². The molecule has 132 valence electrons. The topological polar surface area (TPSA) is 66.8 Å². The molecule has 0 spiro atoms. The number of rotatable bonds is 3. The highest BCUT2D eigenvalue weighted by atomic mass is 79.9. The van der Waals surface area contributed by atoms with Gasteiger partial charge in [0, 0.05) is 17.6 Å². The second-order valence-corrected chi connectivity index (χ2v) is 8.31. The average Bonchev–Trinajstić information content (AvgIpc) is 2.48. The highest BCUT2D eigenvalue weighted by Gasteiger charge is 2.44. The van der Waals surface area contributed by atoms with Gasteiger partial charge in [-0.05, 0) is 57.7 Å². The van der Waals surface area contributed by atoms with Gasteiger partial charge in [-0.25, -0.2) is 4.79 Å². The molecule has 1 atom stereocenters. The highest BCUT2D eigenvalue weighted by Crippen LogP contribution is 2.35. The monoisotopic (exact) mass is 397 g/mol. The molecule has 2 rings (SSSR count). The fourth-order valence-corrected chi connectivity index (χ4v) is 3.27. The summed E-state index contributed by atoms with van der Waals surface area (Å²) in [6, 6.07) is 7.64. The minimum absolute atomic E-state index is 0.174. The molecule has 1 aliphatic heterocycles. The Morgan fingerprint density at radius 1 is 1.29 bits per heavy atom. The number of hydrogen-bond acceptors (Lipinski definition) is 3. The first-order chi connectivity index (χ1) is 11.1. The lowest BCUT2D eigenvalue weighted by Crippen LogP contribution is -2.52. The Bertz CT molecular complexity index is 608. The number of benzene rings is 1. The van der Waals surface area contributed by atoms with Gasteiger partial charge in [0.1, 0.15) is 5.60 Å². The number of piperidine rings is 1. The van der Waals surface area contributed by atoms with Crippen molar-refractivity contribution < 1.29 is 19.4 Å². The fourth-order valence-electron chi connectivity index (χ4n) is 3.00. The van der Waals surface area contributed by atoms with Gasteiger partial charge in [0.05, 0.1) is 5.41 Å². The van der Waals surface area contributed by atoms with Gasteiger partial charge in [-0.2, -0.15) is 0 Å². The molecular formula is C18H24BrNO4. The van der Waals surface area contributed by atoms with Crippen LogP contribution in [0.15, 0.2) is 28.7 Å². The summed E-state index contributed by atoms with van der Waals surface area (Å²) in [6.07, 6.45) is 1.16.